The van der Waals surface area contributed by atoms with Gasteiger partial charge in [0.25, 0.3) is 0 Å². The van der Waals surface area contributed by atoms with E-state index in [1.165, 1.54) is 5.56 Å². The van der Waals surface area contributed by atoms with E-state index in [-0.39, 0.29) is 5.41 Å². The van der Waals surface area contributed by atoms with Crippen LogP contribution in [0.3, 0.4) is 0 Å². The average Bonchev–Trinajstić information content (AvgIpc) is 2.49. The highest BCUT2D eigenvalue weighted by molar-refractivity contribution is 9.12. The molecule has 0 radical (unpaired) electrons. The van der Waals surface area contributed by atoms with Crippen molar-refractivity contribution in [1.29, 1.82) is 0 Å². The molecular formula is C18H23BrClN3. The second-order valence-corrected chi connectivity index (χ2v) is 7.52. The van der Waals surface area contributed by atoms with Gasteiger partial charge in [-0.1, -0.05) is 63.2 Å². The highest BCUT2D eigenvalue weighted by Crippen LogP contribution is 2.22. The van der Waals surface area contributed by atoms with E-state index in [2.05, 4.69) is 77.6 Å². The Morgan fingerprint density at radius 2 is 1.83 bits per heavy atom. The molecule has 0 heterocycles. The fraction of sp³-hybridized carbons (Fsp3) is 0.333. The number of hydrogen-bond acceptors (Lipinski definition) is 3. The van der Waals surface area contributed by atoms with E-state index in [1.807, 2.05) is 0 Å². The number of nitrogens with zero attached hydrogens (tertiary/aromatic N) is 3. The summed E-state index contributed by atoms with van der Waals surface area (Å²) in [6.45, 7) is 10.3. The summed E-state index contributed by atoms with van der Waals surface area (Å²) in [4.78, 5) is 4.32. The van der Waals surface area contributed by atoms with Gasteiger partial charge in [-0.3, -0.25) is 10.0 Å². The van der Waals surface area contributed by atoms with Gasteiger partial charge in [0.05, 0.1) is 11.9 Å². The summed E-state index contributed by atoms with van der Waals surface area (Å²) in [6, 6.07) is 8.37. The average molecular weight is 397 g/mol. The van der Waals surface area contributed by atoms with Crippen molar-refractivity contribution in [2.45, 2.75) is 26.2 Å². The van der Waals surface area contributed by atoms with E-state index in [0.717, 1.165) is 11.3 Å². The summed E-state index contributed by atoms with van der Waals surface area (Å²) in [5.74, 6) is 0. The van der Waals surface area contributed by atoms with Crippen molar-refractivity contribution in [2.75, 3.05) is 14.1 Å². The van der Waals surface area contributed by atoms with Gasteiger partial charge in [0.15, 0.2) is 0 Å². The van der Waals surface area contributed by atoms with Crippen LogP contribution in [0.15, 0.2) is 56.7 Å². The van der Waals surface area contributed by atoms with Crippen LogP contribution in [0.1, 0.15) is 31.9 Å². The molecule has 0 saturated carbocycles. The minimum Gasteiger partial charge on any atom is -0.288 e. The highest BCUT2D eigenvalue weighted by atomic mass is 79.9. The summed E-state index contributed by atoms with van der Waals surface area (Å²) in [5.41, 5.74) is 3.23. The molecule has 1 rings (SSSR count). The lowest BCUT2D eigenvalue weighted by Gasteiger charge is -2.19. The van der Waals surface area contributed by atoms with Crippen molar-refractivity contribution in [3.05, 3.63) is 57.7 Å². The Balaban J connectivity index is 3.01. The van der Waals surface area contributed by atoms with Gasteiger partial charge in [0.1, 0.15) is 5.16 Å². The summed E-state index contributed by atoms with van der Waals surface area (Å²) < 4.78 is 0.677. The van der Waals surface area contributed by atoms with Crippen LogP contribution in [-0.2, 0) is 5.41 Å². The second kappa shape index (κ2) is 8.46. The molecule has 23 heavy (non-hydrogen) atoms. The van der Waals surface area contributed by atoms with E-state index >= 15 is 0 Å². The Kier molecular flexibility index (Phi) is 7.23. The molecule has 0 fully saturated rings. The Morgan fingerprint density at radius 3 is 2.26 bits per heavy atom. The molecule has 0 bridgehead atoms. The van der Waals surface area contributed by atoms with E-state index < -0.39 is 0 Å². The normalized spacial score (nSPS) is 13.5. The lowest BCUT2D eigenvalue weighted by Crippen LogP contribution is -2.12. The van der Waals surface area contributed by atoms with Gasteiger partial charge < -0.3 is 0 Å². The fourth-order valence-electron chi connectivity index (χ4n) is 1.83. The van der Waals surface area contributed by atoms with E-state index in [1.54, 1.807) is 31.4 Å². The summed E-state index contributed by atoms with van der Waals surface area (Å²) in [5, 5.41) is 6.18. The Hall–Kier alpha value is -1.39. The quantitative estimate of drug-likeness (QED) is 0.376. The van der Waals surface area contributed by atoms with Crippen molar-refractivity contribution >= 4 is 39.5 Å². The van der Waals surface area contributed by atoms with Crippen LogP contribution < -0.4 is 0 Å². The number of aliphatic imine (C=N–C) groups is 1. The zero-order valence-electron chi connectivity index (χ0n) is 14.3. The third kappa shape index (κ3) is 6.32. The van der Waals surface area contributed by atoms with Gasteiger partial charge in [0.2, 0.25) is 0 Å². The summed E-state index contributed by atoms with van der Waals surface area (Å²) in [6.07, 6.45) is 3.37. The first-order chi connectivity index (χ1) is 10.6. The van der Waals surface area contributed by atoms with Gasteiger partial charge in [-0.05, 0) is 32.5 Å². The van der Waals surface area contributed by atoms with Gasteiger partial charge >= 0.3 is 0 Å². The van der Waals surface area contributed by atoms with E-state index in [0.29, 0.717) is 9.64 Å². The van der Waals surface area contributed by atoms with Crippen LogP contribution >= 0.6 is 27.5 Å². The van der Waals surface area contributed by atoms with Crippen LogP contribution in [0.5, 0.6) is 0 Å². The first-order valence-corrected chi connectivity index (χ1v) is 8.39. The van der Waals surface area contributed by atoms with Gasteiger partial charge in [-0.15, -0.1) is 0 Å². The third-order valence-electron chi connectivity index (χ3n) is 3.22. The lowest BCUT2D eigenvalue weighted by atomic mass is 9.86. The largest absolute Gasteiger partial charge is 0.288 e. The molecule has 0 aliphatic carbocycles. The zero-order valence-corrected chi connectivity index (χ0v) is 16.6. The van der Waals surface area contributed by atoms with Gasteiger partial charge in [-0.25, -0.2) is 0 Å². The monoisotopic (exact) mass is 395 g/mol. The van der Waals surface area contributed by atoms with E-state index in [9.17, 15) is 0 Å². The first-order valence-electron chi connectivity index (χ1n) is 7.22. The molecule has 0 amide bonds. The summed E-state index contributed by atoms with van der Waals surface area (Å²) >= 11 is 9.51. The van der Waals surface area contributed by atoms with Crippen molar-refractivity contribution in [3.63, 3.8) is 0 Å². The molecule has 3 nitrogen and oxygen atoms in total. The molecule has 0 aliphatic heterocycles. The molecule has 0 aromatic heterocycles. The van der Waals surface area contributed by atoms with Crippen molar-refractivity contribution < 1.29 is 0 Å². The maximum Gasteiger partial charge on any atom is 0.127 e. The predicted octanol–water partition coefficient (Wildman–Crippen LogP) is 5.31. The number of rotatable bonds is 5. The number of allylic oxidation sites excluding steroid dienone is 2. The lowest BCUT2D eigenvalue weighted by molar-refractivity contribution is 0.479. The third-order valence-corrected chi connectivity index (χ3v) is 3.78. The van der Waals surface area contributed by atoms with Crippen LogP contribution in [0, 0.1) is 0 Å². The van der Waals surface area contributed by atoms with Gasteiger partial charge in [0, 0.05) is 24.7 Å². The molecule has 124 valence electrons. The molecule has 0 aliphatic rings. The topological polar surface area (TPSA) is 28.0 Å². The number of hydrogen-bond donors (Lipinski definition) is 0. The Labute approximate surface area is 152 Å². The molecule has 0 atom stereocenters. The number of halogens is 2. The van der Waals surface area contributed by atoms with Crippen LogP contribution in [0.4, 0.5) is 0 Å². The van der Waals surface area contributed by atoms with Gasteiger partial charge in [-0.2, -0.15) is 5.10 Å². The van der Waals surface area contributed by atoms with Crippen LogP contribution in [0.25, 0.3) is 0 Å². The Bertz CT molecular complexity index is 637. The van der Waals surface area contributed by atoms with Crippen LogP contribution in [0.2, 0.25) is 0 Å². The minimum absolute atomic E-state index is 0.128. The van der Waals surface area contributed by atoms with Crippen LogP contribution in [-0.4, -0.2) is 31.0 Å². The molecule has 0 unspecified atom stereocenters. The molecule has 0 saturated heterocycles. The number of hydrazone groups is 1. The van der Waals surface area contributed by atoms with Crippen molar-refractivity contribution in [1.82, 2.24) is 5.01 Å². The standard InChI is InChI=1S/C18H23BrClN3/c1-13(19)12-22-23(6)17(20)11-16(21-5)14-7-9-15(10-8-14)18(2,3)4/h7-12H,1H2,2-6H3/b17-11-,21-16+,22-12-. The molecule has 5 heteroatoms. The Morgan fingerprint density at radius 1 is 1.26 bits per heavy atom. The van der Waals surface area contributed by atoms with E-state index in [4.69, 9.17) is 11.6 Å². The maximum absolute atomic E-state index is 6.29. The first kappa shape index (κ1) is 19.7. The predicted molar refractivity (Wildman–Crippen MR) is 106 cm³/mol. The molecule has 1 aromatic carbocycles. The molecule has 0 spiro atoms. The maximum atomic E-state index is 6.29. The van der Waals surface area contributed by atoms with Crippen molar-refractivity contribution in [3.8, 4) is 0 Å². The zero-order chi connectivity index (χ0) is 17.6. The minimum atomic E-state index is 0.128. The SMILES string of the molecule is C=C(Br)/C=N\N(C)/C(Cl)=C\C(=N/C)c1ccc(C(C)(C)C)cc1. The molecule has 0 N–H and O–H groups in total. The molecule has 1 aromatic rings. The smallest absolute Gasteiger partial charge is 0.127 e. The number of benzene rings is 1. The highest BCUT2D eigenvalue weighted by Gasteiger charge is 2.13. The summed E-state index contributed by atoms with van der Waals surface area (Å²) in [7, 11) is 3.51. The second-order valence-electron chi connectivity index (χ2n) is 6.12. The molecular weight excluding hydrogens is 374 g/mol. The fourth-order valence-corrected chi connectivity index (χ4v) is 2.07. The van der Waals surface area contributed by atoms with Crippen molar-refractivity contribution in [2.24, 2.45) is 10.1 Å².